The molecular formula is C17H30N2O3. The molecule has 0 radical (unpaired) electrons. The van der Waals surface area contributed by atoms with E-state index < -0.39 is 6.04 Å². The Morgan fingerprint density at radius 1 is 1.09 bits per heavy atom. The predicted molar refractivity (Wildman–Crippen MR) is 85.4 cm³/mol. The summed E-state index contributed by atoms with van der Waals surface area (Å²) in [6.45, 7) is 4.07. The third-order valence-electron chi connectivity index (χ3n) is 4.71. The highest BCUT2D eigenvalue weighted by molar-refractivity contribution is 5.87. The predicted octanol–water partition coefficient (Wildman–Crippen LogP) is 2.10. The Morgan fingerprint density at radius 3 is 2.36 bits per heavy atom. The van der Waals surface area contributed by atoms with Crippen molar-refractivity contribution in [2.45, 2.75) is 64.3 Å². The first kappa shape index (κ1) is 17.3. The summed E-state index contributed by atoms with van der Waals surface area (Å²) in [4.78, 5) is 25.8. The number of rotatable bonds is 6. The standard InChI is InChI=1S/C17H30N2O3/c1-14(20)18-16(17(21)19-10-6-3-7-11-19)13-22-12-15-8-4-2-5-9-15/h15-16H,2-13H2,1H3,(H,18,20). The van der Waals surface area contributed by atoms with E-state index in [1.807, 2.05) is 4.90 Å². The van der Waals surface area contributed by atoms with E-state index in [1.54, 1.807) is 0 Å². The summed E-state index contributed by atoms with van der Waals surface area (Å²) < 4.78 is 5.79. The fraction of sp³-hybridized carbons (Fsp3) is 0.882. The van der Waals surface area contributed by atoms with Crippen molar-refractivity contribution in [2.75, 3.05) is 26.3 Å². The van der Waals surface area contributed by atoms with E-state index in [4.69, 9.17) is 4.74 Å². The highest BCUT2D eigenvalue weighted by Gasteiger charge is 2.26. The quantitative estimate of drug-likeness (QED) is 0.817. The van der Waals surface area contributed by atoms with Crippen LogP contribution in [0.2, 0.25) is 0 Å². The van der Waals surface area contributed by atoms with E-state index in [1.165, 1.54) is 45.4 Å². The molecule has 22 heavy (non-hydrogen) atoms. The van der Waals surface area contributed by atoms with Crippen LogP contribution in [0, 0.1) is 5.92 Å². The number of amides is 2. The number of hydrogen-bond acceptors (Lipinski definition) is 3. The maximum Gasteiger partial charge on any atom is 0.247 e. The maximum atomic E-state index is 12.5. The first-order valence-corrected chi connectivity index (χ1v) is 8.80. The lowest BCUT2D eigenvalue weighted by atomic mass is 9.90. The molecule has 1 saturated carbocycles. The van der Waals surface area contributed by atoms with Crippen molar-refractivity contribution >= 4 is 11.8 Å². The minimum Gasteiger partial charge on any atom is -0.378 e. The summed E-state index contributed by atoms with van der Waals surface area (Å²) in [6.07, 6.45) is 9.66. The summed E-state index contributed by atoms with van der Waals surface area (Å²) in [6, 6.07) is -0.529. The molecule has 0 aromatic heterocycles. The zero-order chi connectivity index (χ0) is 15.8. The van der Waals surface area contributed by atoms with Gasteiger partial charge >= 0.3 is 0 Å². The first-order chi connectivity index (χ1) is 10.7. The molecule has 1 unspecified atom stereocenters. The molecule has 5 nitrogen and oxygen atoms in total. The number of nitrogens with one attached hydrogen (secondary N) is 1. The minimum absolute atomic E-state index is 0.0125. The molecule has 1 saturated heterocycles. The Bertz CT molecular complexity index is 361. The van der Waals surface area contributed by atoms with Gasteiger partial charge in [0.15, 0.2) is 0 Å². The normalized spacial score (nSPS) is 21.4. The van der Waals surface area contributed by atoms with Gasteiger partial charge in [-0.1, -0.05) is 19.3 Å². The van der Waals surface area contributed by atoms with Gasteiger partial charge in [-0.3, -0.25) is 9.59 Å². The van der Waals surface area contributed by atoms with Gasteiger partial charge in [0.05, 0.1) is 6.61 Å². The van der Waals surface area contributed by atoms with Crippen LogP contribution in [0.25, 0.3) is 0 Å². The van der Waals surface area contributed by atoms with Crippen molar-refractivity contribution in [2.24, 2.45) is 5.92 Å². The molecule has 0 aromatic rings. The van der Waals surface area contributed by atoms with Crippen LogP contribution < -0.4 is 5.32 Å². The molecule has 1 aliphatic carbocycles. The second-order valence-corrected chi connectivity index (χ2v) is 6.68. The number of carbonyl (C=O) groups is 2. The smallest absolute Gasteiger partial charge is 0.247 e. The molecule has 1 atom stereocenters. The Labute approximate surface area is 133 Å². The summed E-state index contributed by atoms with van der Waals surface area (Å²) in [5.41, 5.74) is 0. The number of ether oxygens (including phenoxy) is 1. The van der Waals surface area contributed by atoms with E-state index in [0.717, 1.165) is 25.9 Å². The van der Waals surface area contributed by atoms with Gasteiger partial charge in [0.25, 0.3) is 0 Å². The lowest BCUT2D eigenvalue weighted by molar-refractivity contribution is -0.138. The lowest BCUT2D eigenvalue weighted by Crippen LogP contribution is -2.51. The topological polar surface area (TPSA) is 58.6 Å². The van der Waals surface area contributed by atoms with Gasteiger partial charge in [0, 0.05) is 26.6 Å². The molecule has 2 fully saturated rings. The van der Waals surface area contributed by atoms with Crippen molar-refractivity contribution in [1.82, 2.24) is 10.2 Å². The summed E-state index contributed by atoms with van der Waals surface area (Å²) in [7, 11) is 0. The van der Waals surface area contributed by atoms with E-state index in [2.05, 4.69) is 5.32 Å². The maximum absolute atomic E-state index is 12.5. The highest BCUT2D eigenvalue weighted by atomic mass is 16.5. The van der Waals surface area contributed by atoms with Crippen LogP contribution in [-0.2, 0) is 14.3 Å². The summed E-state index contributed by atoms with van der Waals surface area (Å²) in [5.74, 6) is 0.465. The molecule has 126 valence electrons. The zero-order valence-electron chi connectivity index (χ0n) is 13.8. The summed E-state index contributed by atoms with van der Waals surface area (Å²) >= 11 is 0. The van der Waals surface area contributed by atoms with Gasteiger partial charge in [-0.25, -0.2) is 0 Å². The molecule has 1 aliphatic heterocycles. The fourth-order valence-electron chi connectivity index (χ4n) is 3.46. The average Bonchev–Trinajstić information content (AvgIpc) is 2.55. The van der Waals surface area contributed by atoms with Crippen LogP contribution in [0.4, 0.5) is 0 Å². The van der Waals surface area contributed by atoms with Crippen molar-refractivity contribution in [3.63, 3.8) is 0 Å². The van der Waals surface area contributed by atoms with Crippen LogP contribution in [-0.4, -0.2) is 49.1 Å². The Hall–Kier alpha value is -1.10. The van der Waals surface area contributed by atoms with Crippen LogP contribution in [0.15, 0.2) is 0 Å². The lowest BCUT2D eigenvalue weighted by Gasteiger charge is -2.31. The molecule has 1 heterocycles. The second kappa shape index (κ2) is 9.13. The van der Waals surface area contributed by atoms with Gasteiger partial charge in [-0.2, -0.15) is 0 Å². The number of carbonyl (C=O) groups excluding carboxylic acids is 2. The third kappa shape index (κ3) is 5.59. The SMILES string of the molecule is CC(=O)NC(COCC1CCCCC1)C(=O)N1CCCCC1. The monoisotopic (exact) mass is 310 g/mol. The fourth-order valence-corrected chi connectivity index (χ4v) is 3.46. The highest BCUT2D eigenvalue weighted by Crippen LogP contribution is 2.23. The largest absolute Gasteiger partial charge is 0.378 e. The second-order valence-electron chi connectivity index (χ2n) is 6.68. The van der Waals surface area contributed by atoms with Crippen LogP contribution in [0.3, 0.4) is 0 Å². The van der Waals surface area contributed by atoms with Crippen LogP contribution in [0.5, 0.6) is 0 Å². The molecule has 2 aliphatic rings. The molecule has 0 bridgehead atoms. The van der Waals surface area contributed by atoms with Crippen molar-refractivity contribution in [3.05, 3.63) is 0 Å². The van der Waals surface area contributed by atoms with Gasteiger partial charge in [0.2, 0.25) is 11.8 Å². The van der Waals surface area contributed by atoms with E-state index >= 15 is 0 Å². The number of piperidine rings is 1. The van der Waals surface area contributed by atoms with Gasteiger partial charge in [0.1, 0.15) is 6.04 Å². The molecule has 2 rings (SSSR count). The third-order valence-corrected chi connectivity index (χ3v) is 4.71. The molecule has 0 aromatic carbocycles. The number of likely N-dealkylation sites (tertiary alicyclic amines) is 1. The molecular weight excluding hydrogens is 280 g/mol. The molecule has 5 heteroatoms. The van der Waals surface area contributed by atoms with Crippen molar-refractivity contribution in [3.8, 4) is 0 Å². The van der Waals surface area contributed by atoms with Gasteiger partial charge in [-0.15, -0.1) is 0 Å². The Kier molecular flexibility index (Phi) is 7.16. The molecule has 0 spiro atoms. The van der Waals surface area contributed by atoms with E-state index in [-0.39, 0.29) is 11.8 Å². The molecule has 1 N–H and O–H groups in total. The van der Waals surface area contributed by atoms with Crippen molar-refractivity contribution in [1.29, 1.82) is 0 Å². The zero-order valence-corrected chi connectivity index (χ0v) is 13.8. The van der Waals surface area contributed by atoms with Gasteiger partial charge < -0.3 is 15.0 Å². The molecule has 2 amide bonds. The Balaban J connectivity index is 1.79. The minimum atomic E-state index is -0.529. The van der Waals surface area contributed by atoms with E-state index in [9.17, 15) is 9.59 Å². The number of nitrogens with zero attached hydrogens (tertiary/aromatic N) is 1. The summed E-state index contributed by atoms with van der Waals surface area (Å²) in [5, 5.41) is 2.76. The first-order valence-electron chi connectivity index (χ1n) is 8.80. The van der Waals surface area contributed by atoms with Crippen LogP contribution >= 0.6 is 0 Å². The van der Waals surface area contributed by atoms with Crippen molar-refractivity contribution < 1.29 is 14.3 Å². The number of hydrogen-bond donors (Lipinski definition) is 1. The van der Waals surface area contributed by atoms with Crippen LogP contribution in [0.1, 0.15) is 58.3 Å². The van der Waals surface area contributed by atoms with Gasteiger partial charge in [-0.05, 0) is 38.0 Å². The van der Waals surface area contributed by atoms with E-state index in [0.29, 0.717) is 19.1 Å². The Morgan fingerprint density at radius 2 is 1.73 bits per heavy atom. The average molecular weight is 310 g/mol.